The Bertz CT molecular complexity index is 1580. The summed E-state index contributed by atoms with van der Waals surface area (Å²) in [5.41, 5.74) is 2.91. The van der Waals surface area contributed by atoms with Crippen molar-refractivity contribution < 1.29 is 4.42 Å². The van der Waals surface area contributed by atoms with Crippen molar-refractivity contribution in [1.29, 1.82) is 0 Å². The highest BCUT2D eigenvalue weighted by Gasteiger charge is 2.11. The highest BCUT2D eigenvalue weighted by molar-refractivity contribution is 5.82. The number of aromatic nitrogens is 2. The van der Waals surface area contributed by atoms with Gasteiger partial charge in [-0.1, -0.05) is 42.0 Å². The Morgan fingerprint density at radius 2 is 1.65 bits per heavy atom. The van der Waals surface area contributed by atoms with Gasteiger partial charge in [-0.2, -0.15) is 0 Å². The molecule has 0 unspecified atom stereocenters. The summed E-state index contributed by atoms with van der Waals surface area (Å²) in [5.74, 6) is 0.429. The first kappa shape index (κ1) is 18.8. The van der Waals surface area contributed by atoms with Crippen LogP contribution in [-0.2, 0) is 0 Å². The van der Waals surface area contributed by atoms with Crippen LogP contribution in [0.4, 0.5) is 0 Å². The first-order valence-electron chi connectivity index (χ1n) is 9.89. The molecule has 0 spiro atoms. The van der Waals surface area contributed by atoms with Crippen LogP contribution in [0.2, 0.25) is 0 Å². The SMILES string of the molecule is Cc1ccc2occ(/C=C\c3nc4ccccc4c(=O)n3-c3ccccc3)c(=O)c2c1. The molecule has 0 saturated carbocycles. The second-order valence-electron chi connectivity index (χ2n) is 7.32. The monoisotopic (exact) mass is 406 g/mol. The Balaban J connectivity index is 1.71. The Morgan fingerprint density at radius 1 is 0.871 bits per heavy atom. The van der Waals surface area contributed by atoms with E-state index in [1.165, 1.54) is 6.26 Å². The van der Waals surface area contributed by atoms with Crippen LogP contribution < -0.4 is 11.0 Å². The van der Waals surface area contributed by atoms with Gasteiger partial charge in [0.05, 0.1) is 27.5 Å². The van der Waals surface area contributed by atoms with Crippen molar-refractivity contribution >= 4 is 34.0 Å². The van der Waals surface area contributed by atoms with Crippen molar-refractivity contribution in [2.24, 2.45) is 0 Å². The molecule has 2 heterocycles. The number of hydrogen-bond donors (Lipinski definition) is 0. The van der Waals surface area contributed by atoms with E-state index < -0.39 is 0 Å². The Kier molecular flexibility index (Phi) is 4.56. The highest BCUT2D eigenvalue weighted by Crippen LogP contribution is 2.17. The van der Waals surface area contributed by atoms with Crippen molar-refractivity contribution in [3.05, 3.63) is 117 Å². The lowest BCUT2D eigenvalue weighted by atomic mass is 10.1. The van der Waals surface area contributed by atoms with Gasteiger partial charge in [0, 0.05) is 0 Å². The summed E-state index contributed by atoms with van der Waals surface area (Å²) in [6, 6.07) is 22.0. The summed E-state index contributed by atoms with van der Waals surface area (Å²) in [6.07, 6.45) is 4.75. The molecule has 0 bridgehead atoms. The zero-order valence-corrected chi connectivity index (χ0v) is 16.8. The number of fused-ring (bicyclic) bond motifs is 2. The van der Waals surface area contributed by atoms with Gasteiger partial charge in [-0.15, -0.1) is 0 Å². The zero-order valence-electron chi connectivity index (χ0n) is 16.8. The summed E-state index contributed by atoms with van der Waals surface area (Å²) < 4.78 is 7.18. The van der Waals surface area contributed by atoms with E-state index in [2.05, 4.69) is 4.98 Å². The summed E-state index contributed by atoms with van der Waals surface area (Å²) in [5, 5.41) is 1.05. The van der Waals surface area contributed by atoms with Crippen LogP contribution in [0.1, 0.15) is 17.0 Å². The molecule has 5 nitrogen and oxygen atoms in total. The molecule has 0 fully saturated rings. The number of hydrogen-bond acceptors (Lipinski definition) is 4. The third-order valence-corrected chi connectivity index (χ3v) is 5.18. The van der Waals surface area contributed by atoms with Gasteiger partial charge in [0.1, 0.15) is 17.7 Å². The van der Waals surface area contributed by atoms with Gasteiger partial charge in [0.15, 0.2) is 5.43 Å². The molecule has 0 aliphatic carbocycles. The highest BCUT2D eigenvalue weighted by atomic mass is 16.3. The van der Waals surface area contributed by atoms with Crippen molar-refractivity contribution in [2.75, 3.05) is 0 Å². The molecule has 3 aromatic carbocycles. The largest absolute Gasteiger partial charge is 0.463 e. The van der Waals surface area contributed by atoms with Gasteiger partial charge in [0.25, 0.3) is 5.56 Å². The molecular weight excluding hydrogens is 388 g/mol. The van der Waals surface area contributed by atoms with Gasteiger partial charge < -0.3 is 4.42 Å². The number of benzene rings is 3. The van der Waals surface area contributed by atoms with Crippen LogP contribution in [-0.4, -0.2) is 9.55 Å². The molecule has 0 saturated heterocycles. The number of nitrogens with zero attached hydrogens (tertiary/aromatic N) is 2. The van der Waals surface area contributed by atoms with E-state index in [-0.39, 0.29) is 11.0 Å². The topological polar surface area (TPSA) is 65.1 Å². The lowest BCUT2D eigenvalue weighted by Crippen LogP contribution is -2.22. The van der Waals surface area contributed by atoms with Gasteiger partial charge in [0.2, 0.25) is 0 Å². The molecule has 5 rings (SSSR count). The number of rotatable bonds is 3. The van der Waals surface area contributed by atoms with E-state index in [4.69, 9.17) is 4.42 Å². The maximum Gasteiger partial charge on any atom is 0.266 e. The zero-order chi connectivity index (χ0) is 21.4. The van der Waals surface area contributed by atoms with E-state index >= 15 is 0 Å². The van der Waals surface area contributed by atoms with Crippen LogP contribution in [0, 0.1) is 6.92 Å². The predicted molar refractivity (Wildman–Crippen MR) is 123 cm³/mol. The van der Waals surface area contributed by atoms with Crippen LogP contribution in [0.3, 0.4) is 0 Å². The van der Waals surface area contributed by atoms with E-state index in [1.54, 1.807) is 34.9 Å². The summed E-state index contributed by atoms with van der Waals surface area (Å²) >= 11 is 0. The average molecular weight is 406 g/mol. The summed E-state index contributed by atoms with van der Waals surface area (Å²) in [6.45, 7) is 1.93. The Morgan fingerprint density at radius 3 is 2.48 bits per heavy atom. The molecule has 0 N–H and O–H groups in total. The van der Waals surface area contributed by atoms with Crippen LogP contribution in [0.25, 0.3) is 39.7 Å². The molecule has 31 heavy (non-hydrogen) atoms. The van der Waals surface area contributed by atoms with Crippen LogP contribution in [0.15, 0.2) is 93.1 Å². The Labute approximate surface area is 177 Å². The molecule has 0 amide bonds. The molecule has 2 aromatic heterocycles. The Hall–Kier alpha value is -4.25. The minimum absolute atomic E-state index is 0.129. The second-order valence-corrected chi connectivity index (χ2v) is 7.32. The maximum absolute atomic E-state index is 13.2. The fourth-order valence-electron chi connectivity index (χ4n) is 3.63. The normalized spacial score (nSPS) is 11.5. The van der Waals surface area contributed by atoms with E-state index in [9.17, 15) is 9.59 Å². The molecule has 0 atom stereocenters. The fraction of sp³-hybridized carbons (Fsp3) is 0.0385. The molecule has 150 valence electrons. The van der Waals surface area contributed by atoms with Crippen molar-refractivity contribution in [3.63, 3.8) is 0 Å². The standard InChI is InChI=1S/C26H18N2O3/c1-17-11-13-23-21(15-17)25(29)18(16-31-23)12-14-24-27-22-10-6-5-9-20(22)26(30)28(24)19-7-3-2-4-8-19/h2-16H,1H3/b14-12-. The third-order valence-electron chi connectivity index (χ3n) is 5.18. The lowest BCUT2D eigenvalue weighted by Gasteiger charge is -2.11. The van der Waals surface area contributed by atoms with Gasteiger partial charge in [-0.25, -0.2) is 4.98 Å². The second kappa shape index (κ2) is 7.54. The van der Waals surface area contributed by atoms with E-state index in [1.807, 2.05) is 61.5 Å². The fourth-order valence-corrected chi connectivity index (χ4v) is 3.63. The molecular formula is C26H18N2O3. The lowest BCUT2D eigenvalue weighted by molar-refractivity contribution is 0.601. The van der Waals surface area contributed by atoms with E-state index in [0.29, 0.717) is 38.9 Å². The van der Waals surface area contributed by atoms with Gasteiger partial charge in [-0.3, -0.25) is 14.2 Å². The molecule has 0 aliphatic rings. The number of aryl methyl sites for hydroxylation is 1. The number of para-hydroxylation sites is 2. The van der Waals surface area contributed by atoms with Crippen molar-refractivity contribution in [1.82, 2.24) is 9.55 Å². The molecule has 5 heteroatoms. The molecule has 5 aromatic rings. The van der Waals surface area contributed by atoms with Crippen molar-refractivity contribution in [2.45, 2.75) is 6.92 Å². The molecule has 0 aliphatic heterocycles. The quantitative estimate of drug-likeness (QED) is 0.424. The van der Waals surface area contributed by atoms with E-state index in [0.717, 1.165) is 5.56 Å². The summed E-state index contributed by atoms with van der Waals surface area (Å²) in [7, 11) is 0. The summed E-state index contributed by atoms with van der Waals surface area (Å²) in [4.78, 5) is 30.9. The van der Waals surface area contributed by atoms with Gasteiger partial charge in [-0.05, 0) is 55.5 Å². The van der Waals surface area contributed by atoms with Crippen molar-refractivity contribution in [3.8, 4) is 5.69 Å². The van der Waals surface area contributed by atoms with Crippen LogP contribution >= 0.6 is 0 Å². The smallest absolute Gasteiger partial charge is 0.266 e. The first-order valence-corrected chi connectivity index (χ1v) is 9.89. The van der Waals surface area contributed by atoms with Gasteiger partial charge >= 0.3 is 0 Å². The average Bonchev–Trinajstić information content (AvgIpc) is 2.80. The minimum atomic E-state index is -0.169. The third kappa shape index (κ3) is 3.36. The molecule has 0 radical (unpaired) electrons. The van der Waals surface area contributed by atoms with Crippen LogP contribution in [0.5, 0.6) is 0 Å². The predicted octanol–water partition coefficient (Wildman–Crippen LogP) is 4.97. The maximum atomic E-state index is 13.2. The first-order chi connectivity index (χ1) is 15.1. The minimum Gasteiger partial charge on any atom is -0.463 e.